The van der Waals surface area contributed by atoms with Gasteiger partial charge in [0, 0.05) is 42.9 Å². The lowest BCUT2D eigenvalue weighted by atomic mass is 10.1. The molecule has 13 nitrogen and oxygen atoms in total. The number of carbonyl (C=O) groups is 4. The predicted molar refractivity (Wildman–Crippen MR) is 148 cm³/mol. The van der Waals surface area contributed by atoms with E-state index in [2.05, 4.69) is 25.7 Å². The van der Waals surface area contributed by atoms with Gasteiger partial charge in [-0.2, -0.15) is 5.10 Å². The first-order chi connectivity index (χ1) is 19.7. The van der Waals surface area contributed by atoms with Crippen molar-refractivity contribution in [3.8, 4) is 0 Å². The molecule has 13 heteroatoms. The monoisotopic (exact) mass is 559 g/mol. The third kappa shape index (κ3) is 6.30. The van der Waals surface area contributed by atoms with Gasteiger partial charge in [-0.3, -0.25) is 14.6 Å². The number of imide groups is 1. The number of anilines is 2. The first-order valence-electron chi connectivity index (χ1n) is 12.8. The molecule has 2 N–H and O–H groups in total. The van der Waals surface area contributed by atoms with Crippen molar-refractivity contribution in [2.45, 2.75) is 27.7 Å². The van der Waals surface area contributed by atoms with Crippen LogP contribution < -0.4 is 10.6 Å². The van der Waals surface area contributed by atoms with Crippen molar-refractivity contribution in [3.05, 3.63) is 83.1 Å². The second-order valence-electron chi connectivity index (χ2n) is 8.83. The Morgan fingerprint density at radius 2 is 1.85 bits per heavy atom. The number of pyridine rings is 1. The molecular formula is C28H29N7O6. The Balaban J connectivity index is 1.53. The highest BCUT2D eigenvalue weighted by Gasteiger charge is 2.27. The summed E-state index contributed by atoms with van der Waals surface area (Å²) in [6.07, 6.45) is 4.67. The number of carbonyl (C=O) groups excluding carboxylic acids is 4. The van der Waals surface area contributed by atoms with Gasteiger partial charge in [-0.15, -0.1) is 0 Å². The minimum absolute atomic E-state index is 0.00243. The maximum atomic E-state index is 13.4. The van der Waals surface area contributed by atoms with Crippen LogP contribution in [-0.2, 0) is 9.47 Å². The van der Waals surface area contributed by atoms with E-state index in [9.17, 15) is 19.2 Å². The van der Waals surface area contributed by atoms with Gasteiger partial charge in [-0.25, -0.2) is 24.0 Å². The fourth-order valence-corrected chi connectivity index (χ4v) is 4.03. The Hall–Kier alpha value is -5.33. The quantitative estimate of drug-likeness (QED) is 0.229. The molecule has 3 aromatic heterocycles. The van der Waals surface area contributed by atoms with E-state index < -0.39 is 24.8 Å². The van der Waals surface area contributed by atoms with Gasteiger partial charge in [0.15, 0.2) is 5.82 Å². The van der Waals surface area contributed by atoms with E-state index in [0.29, 0.717) is 34.7 Å². The van der Waals surface area contributed by atoms with E-state index in [4.69, 9.17) is 9.47 Å². The van der Waals surface area contributed by atoms with Crippen LogP contribution in [0.2, 0.25) is 0 Å². The Labute approximate surface area is 235 Å². The Bertz CT molecular complexity index is 1600. The van der Waals surface area contributed by atoms with Crippen molar-refractivity contribution < 1.29 is 28.7 Å². The normalized spacial score (nSPS) is 10.6. The summed E-state index contributed by atoms with van der Waals surface area (Å²) < 4.78 is 11.5. The molecule has 0 bridgehead atoms. The number of nitrogens with zero attached hydrogens (tertiary/aromatic N) is 5. The molecule has 3 amide bonds. The molecule has 0 saturated heterocycles. The van der Waals surface area contributed by atoms with Crippen LogP contribution in [0.1, 0.15) is 56.0 Å². The van der Waals surface area contributed by atoms with E-state index in [1.54, 1.807) is 32.0 Å². The van der Waals surface area contributed by atoms with Gasteiger partial charge in [0.05, 0.1) is 11.1 Å². The summed E-state index contributed by atoms with van der Waals surface area (Å²) in [6.45, 7) is 6.88. The number of aryl methyl sites for hydroxylation is 2. The van der Waals surface area contributed by atoms with Crippen LogP contribution in [0.25, 0.3) is 5.52 Å². The summed E-state index contributed by atoms with van der Waals surface area (Å²) in [5.74, 6) is -1.14. The molecule has 0 aliphatic rings. The number of nitrogens with one attached hydrogen (secondary N) is 2. The number of ether oxygens (including phenoxy) is 2. The molecule has 0 aliphatic heterocycles. The largest absolute Gasteiger partial charge is 0.424 e. The molecule has 0 aliphatic carbocycles. The van der Waals surface area contributed by atoms with Crippen molar-refractivity contribution in [1.29, 1.82) is 0 Å². The van der Waals surface area contributed by atoms with Gasteiger partial charge >= 0.3 is 12.1 Å². The van der Waals surface area contributed by atoms with Gasteiger partial charge in [-0.05, 0) is 63.1 Å². The standard InChI is InChI=1S/C28H29N7O6/c1-5-30-25(36)19-10-9-17(3)22(12-19)33-24-23-18(4)21(14-35(23)32-15-31-24)26(37)34(6-2)28(39)41-16-40-27(38)20-8-7-11-29-13-20/h7-15H,5-6,16H2,1-4H3,(H,30,36)(H,31,32,33). The van der Waals surface area contributed by atoms with E-state index in [-0.39, 0.29) is 23.6 Å². The second-order valence-corrected chi connectivity index (χ2v) is 8.83. The number of aromatic nitrogens is 4. The molecule has 0 unspecified atom stereocenters. The van der Waals surface area contributed by atoms with Gasteiger partial charge in [0.25, 0.3) is 11.8 Å². The molecule has 1 aromatic carbocycles. The first kappa shape index (κ1) is 28.7. The van der Waals surface area contributed by atoms with Crippen molar-refractivity contribution in [1.82, 2.24) is 29.8 Å². The van der Waals surface area contributed by atoms with E-state index in [1.165, 1.54) is 35.5 Å². The number of esters is 1. The minimum Gasteiger partial charge on any atom is -0.424 e. The molecule has 0 saturated carbocycles. The van der Waals surface area contributed by atoms with Crippen LogP contribution in [-0.4, -0.2) is 68.2 Å². The zero-order chi connectivity index (χ0) is 29.5. The minimum atomic E-state index is -0.978. The van der Waals surface area contributed by atoms with Crippen LogP contribution in [0.4, 0.5) is 16.3 Å². The Morgan fingerprint density at radius 3 is 2.56 bits per heavy atom. The zero-order valence-electron chi connectivity index (χ0n) is 23.0. The molecule has 3 heterocycles. The van der Waals surface area contributed by atoms with Crippen molar-refractivity contribution >= 4 is 40.9 Å². The molecule has 0 atom stereocenters. The maximum absolute atomic E-state index is 13.4. The Kier molecular flexibility index (Phi) is 8.87. The maximum Gasteiger partial charge on any atom is 0.419 e. The SMILES string of the molecule is CCNC(=O)c1ccc(C)c(Nc2ncnn3cc(C(=O)N(CC)C(=O)OCOC(=O)c4cccnc4)c(C)c23)c1. The van der Waals surface area contributed by atoms with Crippen LogP contribution in [0.3, 0.4) is 0 Å². The van der Waals surface area contributed by atoms with Gasteiger partial charge in [0.2, 0.25) is 6.79 Å². The van der Waals surface area contributed by atoms with Crippen LogP contribution in [0.15, 0.2) is 55.2 Å². The number of fused-ring (bicyclic) bond motifs is 1. The summed E-state index contributed by atoms with van der Waals surface area (Å²) in [7, 11) is 0. The van der Waals surface area contributed by atoms with Crippen LogP contribution >= 0.6 is 0 Å². The average molecular weight is 560 g/mol. The van der Waals surface area contributed by atoms with Gasteiger partial charge in [-0.1, -0.05) is 6.07 Å². The third-order valence-corrected chi connectivity index (χ3v) is 6.20. The molecule has 4 rings (SSSR count). The predicted octanol–water partition coefficient (Wildman–Crippen LogP) is 3.65. The fourth-order valence-electron chi connectivity index (χ4n) is 4.03. The fraction of sp³-hybridized carbons (Fsp3) is 0.250. The topological polar surface area (TPSA) is 157 Å². The molecule has 0 spiro atoms. The van der Waals surface area contributed by atoms with Gasteiger partial charge in [0.1, 0.15) is 11.8 Å². The highest BCUT2D eigenvalue weighted by atomic mass is 16.7. The van der Waals surface area contributed by atoms with Crippen molar-refractivity contribution in [2.75, 3.05) is 25.2 Å². The Morgan fingerprint density at radius 1 is 1.05 bits per heavy atom. The molecule has 4 aromatic rings. The van der Waals surface area contributed by atoms with Crippen LogP contribution in [0, 0.1) is 13.8 Å². The summed E-state index contributed by atoms with van der Waals surface area (Å²) in [6, 6.07) is 8.36. The number of amides is 3. The van der Waals surface area contributed by atoms with E-state index >= 15 is 0 Å². The number of hydrogen-bond donors (Lipinski definition) is 2. The van der Waals surface area contributed by atoms with Crippen molar-refractivity contribution in [3.63, 3.8) is 0 Å². The summed E-state index contributed by atoms with van der Waals surface area (Å²) in [4.78, 5) is 59.6. The molecule has 212 valence electrons. The first-order valence-corrected chi connectivity index (χ1v) is 12.8. The van der Waals surface area contributed by atoms with Gasteiger partial charge < -0.3 is 20.1 Å². The summed E-state index contributed by atoms with van der Waals surface area (Å²) in [5, 5.41) is 10.2. The zero-order valence-corrected chi connectivity index (χ0v) is 23.0. The highest BCUT2D eigenvalue weighted by Crippen LogP contribution is 2.28. The average Bonchev–Trinajstić information content (AvgIpc) is 3.32. The smallest absolute Gasteiger partial charge is 0.419 e. The number of rotatable bonds is 9. The lowest BCUT2D eigenvalue weighted by Gasteiger charge is -2.18. The van der Waals surface area contributed by atoms with E-state index in [0.717, 1.165) is 10.5 Å². The number of benzene rings is 1. The highest BCUT2D eigenvalue weighted by molar-refractivity contribution is 6.05. The molecule has 0 fully saturated rings. The third-order valence-electron chi connectivity index (χ3n) is 6.20. The van der Waals surface area contributed by atoms with E-state index in [1.807, 2.05) is 19.9 Å². The summed E-state index contributed by atoms with van der Waals surface area (Å²) in [5.41, 5.74) is 3.43. The molecule has 41 heavy (non-hydrogen) atoms. The lowest BCUT2D eigenvalue weighted by Crippen LogP contribution is -2.37. The molecular weight excluding hydrogens is 530 g/mol. The second kappa shape index (κ2) is 12.7. The lowest BCUT2D eigenvalue weighted by molar-refractivity contribution is -0.0102. The van der Waals surface area contributed by atoms with Crippen molar-refractivity contribution in [2.24, 2.45) is 0 Å². The number of hydrogen-bond acceptors (Lipinski definition) is 10. The summed E-state index contributed by atoms with van der Waals surface area (Å²) >= 11 is 0. The van der Waals surface area contributed by atoms with Crippen LogP contribution in [0.5, 0.6) is 0 Å². The molecule has 0 radical (unpaired) electrons.